The van der Waals surface area contributed by atoms with Crippen LogP contribution in [0.3, 0.4) is 0 Å². The van der Waals surface area contributed by atoms with Gasteiger partial charge in [0.2, 0.25) is 5.56 Å². The van der Waals surface area contributed by atoms with E-state index in [4.69, 9.17) is 0 Å². The Balaban J connectivity index is 2.54. The molecule has 2 N–H and O–H groups in total. The number of H-pyrrole nitrogens is 1. The van der Waals surface area contributed by atoms with Crippen LogP contribution in [0.4, 0.5) is 0 Å². The average Bonchev–Trinajstić information content (AvgIpc) is 2.17. The van der Waals surface area contributed by atoms with Crippen molar-refractivity contribution < 1.29 is 9.00 Å². The van der Waals surface area contributed by atoms with E-state index in [1.165, 1.54) is 18.3 Å². The van der Waals surface area contributed by atoms with E-state index in [0.29, 0.717) is 17.9 Å². The minimum Gasteiger partial charge on any atom is -0.351 e. The molecule has 1 atom stereocenters. The first-order valence-corrected chi connectivity index (χ1v) is 6.09. The molecule has 1 aromatic rings. The molecule has 0 spiro atoms. The van der Waals surface area contributed by atoms with Crippen LogP contribution in [0.5, 0.6) is 0 Å². The zero-order valence-corrected chi connectivity index (χ0v) is 9.10. The number of pyridine rings is 1. The number of nitrogens with one attached hydrogen (secondary N) is 2. The van der Waals surface area contributed by atoms with Gasteiger partial charge in [-0.3, -0.25) is 13.8 Å². The van der Waals surface area contributed by atoms with E-state index in [-0.39, 0.29) is 11.5 Å². The van der Waals surface area contributed by atoms with E-state index in [2.05, 4.69) is 10.3 Å². The van der Waals surface area contributed by atoms with Crippen molar-refractivity contribution in [1.29, 1.82) is 0 Å². The molecule has 0 aromatic carbocycles. The summed E-state index contributed by atoms with van der Waals surface area (Å²) in [6, 6.07) is 2.73. The Labute approximate surface area is 89.4 Å². The molecule has 0 saturated carbocycles. The van der Waals surface area contributed by atoms with Gasteiger partial charge in [-0.05, 0) is 6.07 Å². The molecule has 1 aromatic heterocycles. The van der Waals surface area contributed by atoms with Crippen molar-refractivity contribution in [2.75, 3.05) is 18.6 Å². The molecule has 0 bridgehead atoms. The van der Waals surface area contributed by atoms with Gasteiger partial charge in [0.1, 0.15) is 0 Å². The highest BCUT2D eigenvalue weighted by Gasteiger charge is 2.04. The van der Waals surface area contributed by atoms with Crippen LogP contribution in [0, 0.1) is 0 Å². The van der Waals surface area contributed by atoms with Crippen LogP contribution in [0.1, 0.15) is 10.4 Å². The standard InChI is InChI=1S/C9H12N2O3S/c1-15(14)5-4-11-9(13)7-2-3-10-8(12)6-7/h2-3,6H,4-5H2,1H3,(H,10,12)(H,11,13). The van der Waals surface area contributed by atoms with Gasteiger partial charge in [0, 0.05) is 47.2 Å². The molecule has 5 nitrogen and oxygen atoms in total. The highest BCUT2D eigenvalue weighted by molar-refractivity contribution is 7.84. The first kappa shape index (κ1) is 11.6. The number of aromatic nitrogens is 1. The average molecular weight is 228 g/mol. The first-order chi connectivity index (χ1) is 7.09. The van der Waals surface area contributed by atoms with Crippen molar-refractivity contribution in [2.45, 2.75) is 0 Å². The highest BCUT2D eigenvalue weighted by Crippen LogP contribution is 1.91. The van der Waals surface area contributed by atoms with Gasteiger partial charge < -0.3 is 10.3 Å². The summed E-state index contributed by atoms with van der Waals surface area (Å²) in [7, 11) is -0.925. The predicted octanol–water partition coefficient (Wildman–Crippen LogP) is -0.517. The van der Waals surface area contributed by atoms with Crippen molar-refractivity contribution in [1.82, 2.24) is 10.3 Å². The van der Waals surface area contributed by atoms with Gasteiger partial charge >= 0.3 is 0 Å². The molecule has 6 heteroatoms. The van der Waals surface area contributed by atoms with E-state index < -0.39 is 10.8 Å². The minimum atomic E-state index is -0.925. The second kappa shape index (κ2) is 5.45. The molecule has 0 saturated heterocycles. The van der Waals surface area contributed by atoms with Crippen molar-refractivity contribution in [3.8, 4) is 0 Å². The summed E-state index contributed by atoms with van der Waals surface area (Å²) in [4.78, 5) is 24.7. The normalized spacial score (nSPS) is 12.1. The molecule has 1 unspecified atom stereocenters. The Morgan fingerprint density at radius 2 is 2.33 bits per heavy atom. The summed E-state index contributed by atoms with van der Waals surface area (Å²) in [5.74, 6) is 0.0844. The molecular weight excluding hydrogens is 216 g/mol. The fourth-order valence-electron chi connectivity index (χ4n) is 0.996. The SMILES string of the molecule is CS(=O)CCNC(=O)c1cc[nH]c(=O)c1. The molecule has 0 radical (unpaired) electrons. The third-order valence-corrected chi connectivity index (χ3v) is 2.49. The molecule has 0 aliphatic carbocycles. The summed E-state index contributed by atoms with van der Waals surface area (Å²) in [6.45, 7) is 0.342. The number of rotatable bonds is 4. The molecule has 0 aliphatic heterocycles. The predicted molar refractivity (Wildman–Crippen MR) is 58.3 cm³/mol. The largest absolute Gasteiger partial charge is 0.351 e. The van der Waals surface area contributed by atoms with Gasteiger partial charge in [-0.1, -0.05) is 0 Å². The molecule has 15 heavy (non-hydrogen) atoms. The number of carbonyl (C=O) groups excluding carboxylic acids is 1. The highest BCUT2D eigenvalue weighted by atomic mass is 32.2. The number of carbonyl (C=O) groups is 1. The van der Waals surface area contributed by atoms with E-state index >= 15 is 0 Å². The summed E-state index contributed by atoms with van der Waals surface area (Å²) >= 11 is 0. The Bertz CT molecular complexity index is 427. The lowest BCUT2D eigenvalue weighted by atomic mass is 10.2. The Hall–Kier alpha value is -1.43. The fourth-order valence-corrected chi connectivity index (χ4v) is 1.39. The number of hydrogen-bond donors (Lipinski definition) is 2. The Kier molecular flexibility index (Phi) is 4.23. The maximum atomic E-state index is 11.4. The third-order valence-electron chi connectivity index (χ3n) is 1.71. The van der Waals surface area contributed by atoms with Crippen molar-refractivity contribution in [3.05, 3.63) is 34.2 Å². The Morgan fingerprint density at radius 1 is 1.60 bits per heavy atom. The van der Waals surface area contributed by atoms with E-state index in [0.717, 1.165) is 0 Å². The second-order valence-electron chi connectivity index (χ2n) is 2.97. The van der Waals surface area contributed by atoms with Gasteiger partial charge in [0.25, 0.3) is 5.91 Å². The van der Waals surface area contributed by atoms with Crippen LogP contribution >= 0.6 is 0 Å². The van der Waals surface area contributed by atoms with Gasteiger partial charge in [-0.15, -0.1) is 0 Å². The van der Waals surface area contributed by atoms with E-state index in [1.807, 2.05) is 0 Å². The zero-order chi connectivity index (χ0) is 11.3. The molecule has 1 rings (SSSR count). The van der Waals surface area contributed by atoms with E-state index in [9.17, 15) is 13.8 Å². The number of hydrogen-bond acceptors (Lipinski definition) is 3. The quantitative estimate of drug-likeness (QED) is 0.728. The number of aromatic amines is 1. The van der Waals surface area contributed by atoms with Crippen molar-refractivity contribution in [2.24, 2.45) is 0 Å². The summed E-state index contributed by atoms with van der Waals surface area (Å²) in [5.41, 5.74) is -0.0117. The summed E-state index contributed by atoms with van der Waals surface area (Å²) in [5, 5.41) is 2.57. The van der Waals surface area contributed by atoms with Crippen LogP contribution in [-0.2, 0) is 10.8 Å². The maximum absolute atomic E-state index is 11.4. The minimum absolute atomic E-state index is 0.306. The lowest BCUT2D eigenvalue weighted by molar-refractivity contribution is 0.0956. The van der Waals surface area contributed by atoms with Gasteiger partial charge in [-0.25, -0.2) is 0 Å². The van der Waals surface area contributed by atoms with Gasteiger partial charge in [-0.2, -0.15) is 0 Å². The van der Waals surface area contributed by atoms with Crippen LogP contribution in [-0.4, -0.2) is 33.7 Å². The molecule has 1 amide bonds. The third kappa shape index (κ3) is 4.07. The molecule has 1 heterocycles. The molecular formula is C9H12N2O3S. The lowest BCUT2D eigenvalue weighted by Crippen LogP contribution is -2.28. The van der Waals surface area contributed by atoms with Crippen molar-refractivity contribution in [3.63, 3.8) is 0 Å². The fraction of sp³-hybridized carbons (Fsp3) is 0.333. The first-order valence-electron chi connectivity index (χ1n) is 4.36. The molecule has 82 valence electrons. The van der Waals surface area contributed by atoms with Gasteiger partial charge in [0.05, 0.1) is 0 Å². The van der Waals surface area contributed by atoms with Crippen molar-refractivity contribution >= 4 is 16.7 Å². The second-order valence-corrected chi connectivity index (χ2v) is 4.53. The van der Waals surface area contributed by atoms with Crippen LogP contribution in [0.25, 0.3) is 0 Å². The number of amides is 1. The zero-order valence-electron chi connectivity index (χ0n) is 8.28. The summed E-state index contributed by atoms with van der Waals surface area (Å²) in [6.07, 6.45) is 2.98. The van der Waals surface area contributed by atoms with Crippen LogP contribution < -0.4 is 10.9 Å². The van der Waals surface area contributed by atoms with Crippen LogP contribution in [0.15, 0.2) is 23.1 Å². The summed E-state index contributed by atoms with van der Waals surface area (Å²) < 4.78 is 10.7. The van der Waals surface area contributed by atoms with Crippen LogP contribution in [0.2, 0.25) is 0 Å². The van der Waals surface area contributed by atoms with Gasteiger partial charge in [0.15, 0.2) is 0 Å². The topological polar surface area (TPSA) is 79.0 Å². The molecule has 0 aliphatic rings. The monoisotopic (exact) mass is 228 g/mol. The maximum Gasteiger partial charge on any atom is 0.251 e. The lowest BCUT2D eigenvalue weighted by Gasteiger charge is -2.02. The van der Waals surface area contributed by atoms with E-state index in [1.54, 1.807) is 6.26 Å². The molecule has 0 fully saturated rings. The Morgan fingerprint density at radius 3 is 2.93 bits per heavy atom. The smallest absolute Gasteiger partial charge is 0.251 e.